The van der Waals surface area contributed by atoms with E-state index in [9.17, 15) is 19.3 Å². The van der Waals surface area contributed by atoms with Gasteiger partial charge in [-0.25, -0.2) is 9.82 Å². The van der Waals surface area contributed by atoms with Gasteiger partial charge in [-0.2, -0.15) is 5.10 Å². The average Bonchev–Trinajstić information content (AvgIpc) is 2.70. The number of nitro benzene ring substituents is 1. The van der Waals surface area contributed by atoms with Gasteiger partial charge in [-0.1, -0.05) is 12.1 Å². The SMILES string of the molecule is O=C(N/N=C\c1ccc(F)cc1)C1CC[NH+](Cc2ccc([N+](=O)[O-])cc2)CC1. The van der Waals surface area contributed by atoms with Crippen LogP contribution in [-0.4, -0.2) is 30.1 Å². The molecule has 2 aromatic rings. The predicted octanol–water partition coefficient (Wildman–Crippen LogP) is 1.68. The van der Waals surface area contributed by atoms with Crippen molar-refractivity contribution < 1.29 is 19.0 Å². The molecule has 0 aliphatic carbocycles. The molecule has 0 spiro atoms. The fourth-order valence-electron chi connectivity index (χ4n) is 3.30. The summed E-state index contributed by atoms with van der Waals surface area (Å²) in [5, 5.41) is 14.7. The summed E-state index contributed by atoms with van der Waals surface area (Å²) in [6, 6.07) is 12.5. The Bertz CT molecular complexity index is 845. The Kier molecular flexibility index (Phi) is 6.44. The zero-order valence-corrected chi connectivity index (χ0v) is 15.3. The van der Waals surface area contributed by atoms with Crippen molar-refractivity contribution in [3.63, 3.8) is 0 Å². The highest BCUT2D eigenvalue weighted by Gasteiger charge is 2.27. The van der Waals surface area contributed by atoms with Crippen molar-refractivity contribution in [1.82, 2.24) is 5.43 Å². The molecule has 0 atom stereocenters. The van der Waals surface area contributed by atoms with E-state index in [1.807, 2.05) is 0 Å². The van der Waals surface area contributed by atoms with E-state index in [0.29, 0.717) is 5.56 Å². The number of hydrazone groups is 1. The molecule has 3 rings (SSSR count). The molecule has 1 aliphatic rings. The first-order valence-corrected chi connectivity index (χ1v) is 9.16. The van der Waals surface area contributed by atoms with Gasteiger partial charge < -0.3 is 4.90 Å². The van der Waals surface area contributed by atoms with Crippen molar-refractivity contribution in [2.45, 2.75) is 19.4 Å². The highest BCUT2D eigenvalue weighted by atomic mass is 19.1. The Morgan fingerprint density at radius 3 is 2.43 bits per heavy atom. The summed E-state index contributed by atoms with van der Waals surface area (Å²) in [7, 11) is 0. The number of hydrogen-bond acceptors (Lipinski definition) is 4. The van der Waals surface area contributed by atoms with Crippen molar-refractivity contribution in [3.05, 3.63) is 75.6 Å². The number of nitrogens with one attached hydrogen (secondary N) is 2. The molecule has 8 heteroatoms. The number of piperidine rings is 1. The molecule has 7 nitrogen and oxygen atoms in total. The van der Waals surface area contributed by atoms with Crippen LogP contribution in [0.15, 0.2) is 53.6 Å². The molecule has 1 heterocycles. The summed E-state index contributed by atoms with van der Waals surface area (Å²) in [6.07, 6.45) is 3.02. The van der Waals surface area contributed by atoms with Crippen LogP contribution < -0.4 is 10.3 Å². The van der Waals surface area contributed by atoms with Crippen LogP contribution in [0.25, 0.3) is 0 Å². The van der Waals surface area contributed by atoms with Crippen LogP contribution in [-0.2, 0) is 11.3 Å². The van der Waals surface area contributed by atoms with Crippen molar-refractivity contribution in [2.24, 2.45) is 11.0 Å². The molecule has 2 N–H and O–H groups in total. The third-order valence-electron chi connectivity index (χ3n) is 4.92. The number of non-ortho nitro benzene ring substituents is 1. The lowest BCUT2D eigenvalue weighted by Crippen LogP contribution is -3.11. The third-order valence-corrected chi connectivity index (χ3v) is 4.92. The van der Waals surface area contributed by atoms with Gasteiger partial charge in [0.1, 0.15) is 12.4 Å². The second-order valence-corrected chi connectivity index (χ2v) is 6.91. The summed E-state index contributed by atoms with van der Waals surface area (Å²) in [4.78, 5) is 23.9. The van der Waals surface area contributed by atoms with E-state index < -0.39 is 4.92 Å². The lowest BCUT2D eigenvalue weighted by Gasteiger charge is -2.28. The van der Waals surface area contributed by atoms with Crippen LogP contribution in [0.2, 0.25) is 0 Å². The summed E-state index contributed by atoms with van der Waals surface area (Å²) in [5.41, 5.74) is 4.41. The molecular formula is C20H22FN4O3+. The van der Waals surface area contributed by atoms with E-state index >= 15 is 0 Å². The predicted molar refractivity (Wildman–Crippen MR) is 102 cm³/mol. The van der Waals surface area contributed by atoms with Gasteiger partial charge in [0.2, 0.25) is 5.91 Å². The molecule has 0 unspecified atom stereocenters. The summed E-state index contributed by atoms with van der Waals surface area (Å²) >= 11 is 0. The number of halogens is 1. The van der Waals surface area contributed by atoms with Gasteiger partial charge in [-0.05, 0) is 29.8 Å². The second kappa shape index (κ2) is 9.18. The van der Waals surface area contributed by atoms with Gasteiger partial charge in [0.15, 0.2) is 0 Å². The van der Waals surface area contributed by atoms with Crippen LogP contribution >= 0.6 is 0 Å². The number of nitro groups is 1. The van der Waals surface area contributed by atoms with Crippen LogP contribution in [0.1, 0.15) is 24.0 Å². The maximum absolute atomic E-state index is 12.9. The molecular weight excluding hydrogens is 363 g/mol. The number of hydrogen-bond donors (Lipinski definition) is 2. The molecule has 0 radical (unpaired) electrons. The first-order chi connectivity index (χ1) is 13.5. The van der Waals surface area contributed by atoms with Crippen LogP contribution in [0.5, 0.6) is 0 Å². The van der Waals surface area contributed by atoms with Gasteiger partial charge in [-0.3, -0.25) is 14.9 Å². The summed E-state index contributed by atoms with van der Waals surface area (Å²) in [5.74, 6) is -0.497. The maximum atomic E-state index is 12.9. The third kappa shape index (κ3) is 5.43. The number of rotatable bonds is 6. The largest absolute Gasteiger partial charge is 0.331 e. The minimum atomic E-state index is -0.403. The Morgan fingerprint density at radius 1 is 1.18 bits per heavy atom. The van der Waals surface area contributed by atoms with Crippen LogP contribution in [0.4, 0.5) is 10.1 Å². The van der Waals surface area contributed by atoms with Crippen molar-refractivity contribution in [1.29, 1.82) is 0 Å². The van der Waals surface area contributed by atoms with Crippen molar-refractivity contribution >= 4 is 17.8 Å². The number of carbonyl (C=O) groups is 1. The smallest absolute Gasteiger partial charge is 0.269 e. The number of nitrogens with zero attached hydrogens (tertiary/aromatic N) is 2. The monoisotopic (exact) mass is 385 g/mol. The van der Waals surface area contributed by atoms with E-state index in [1.165, 1.54) is 35.4 Å². The van der Waals surface area contributed by atoms with Gasteiger partial charge in [0.25, 0.3) is 5.69 Å². The Balaban J connectivity index is 1.43. The molecule has 1 amide bonds. The lowest BCUT2D eigenvalue weighted by molar-refractivity contribution is -0.919. The Labute approximate surface area is 162 Å². The lowest BCUT2D eigenvalue weighted by atomic mass is 9.96. The van der Waals surface area contributed by atoms with E-state index in [2.05, 4.69) is 10.5 Å². The highest BCUT2D eigenvalue weighted by molar-refractivity contribution is 5.83. The van der Waals surface area contributed by atoms with Gasteiger partial charge in [0, 0.05) is 30.5 Å². The minimum Gasteiger partial charge on any atom is -0.331 e. The molecule has 1 fully saturated rings. The Morgan fingerprint density at radius 2 is 1.82 bits per heavy atom. The molecule has 1 saturated heterocycles. The molecule has 28 heavy (non-hydrogen) atoms. The van der Waals surface area contributed by atoms with Crippen LogP contribution in [0, 0.1) is 21.8 Å². The number of likely N-dealkylation sites (tertiary alicyclic amines) is 1. The standard InChI is InChI=1S/C20H21FN4O3/c21-18-5-1-15(2-6-18)13-22-23-20(26)17-9-11-24(12-10-17)14-16-3-7-19(8-4-16)25(27)28/h1-8,13,17H,9-12,14H2,(H,23,26)/p+1/b22-13-. The number of benzene rings is 2. The average molecular weight is 385 g/mol. The van der Waals surface area contributed by atoms with E-state index in [4.69, 9.17) is 0 Å². The van der Waals surface area contributed by atoms with E-state index in [-0.39, 0.29) is 23.3 Å². The van der Waals surface area contributed by atoms with Crippen LogP contribution in [0.3, 0.4) is 0 Å². The minimum absolute atomic E-state index is 0.0778. The molecule has 0 aromatic heterocycles. The number of amides is 1. The topological polar surface area (TPSA) is 89.0 Å². The Hall–Kier alpha value is -3.13. The quantitative estimate of drug-likeness (QED) is 0.450. The zero-order chi connectivity index (χ0) is 19.9. The van der Waals surface area contributed by atoms with E-state index in [0.717, 1.165) is 38.0 Å². The zero-order valence-electron chi connectivity index (χ0n) is 15.3. The highest BCUT2D eigenvalue weighted by Crippen LogP contribution is 2.13. The number of carbonyl (C=O) groups excluding carboxylic acids is 1. The summed E-state index contributed by atoms with van der Waals surface area (Å²) in [6.45, 7) is 2.50. The van der Waals surface area contributed by atoms with Crippen molar-refractivity contribution in [2.75, 3.05) is 13.1 Å². The first kappa shape index (κ1) is 19.6. The first-order valence-electron chi connectivity index (χ1n) is 9.16. The van der Waals surface area contributed by atoms with Gasteiger partial charge >= 0.3 is 0 Å². The molecule has 146 valence electrons. The van der Waals surface area contributed by atoms with Gasteiger partial charge in [0.05, 0.1) is 30.1 Å². The fraction of sp³-hybridized carbons (Fsp3) is 0.300. The molecule has 0 bridgehead atoms. The maximum Gasteiger partial charge on any atom is 0.269 e. The molecule has 0 saturated carbocycles. The number of quaternary nitrogens is 1. The van der Waals surface area contributed by atoms with Gasteiger partial charge in [-0.15, -0.1) is 0 Å². The summed E-state index contributed by atoms with van der Waals surface area (Å²) < 4.78 is 12.9. The van der Waals surface area contributed by atoms with E-state index in [1.54, 1.807) is 24.3 Å². The van der Waals surface area contributed by atoms with Crippen molar-refractivity contribution in [3.8, 4) is 0 Å². The second-order valence-electron chi connectivity index (χ2n) is 6.91. The fourth-order valence-corrected chi connectivity index (χ4v) is 3.30. The molecule has 1 aliphatic heterocycles. The molecule has 2 aromatic carbocycles. The normalized spacial score (nSPS) is 19.5.